The lowest BCUT2D eigenvalue weighted by molar-refractivity contribution is 0.514. The van der Waals surface area contributed by atoms with Gasteiger partial charge in [0.15, 0.2) is 9.84 Å². The van der Waals surface area contributed by atoms with E-state index >= 15 is 0 Å². The molecule has 2 rings (SSSR count). The Morgan fingerprint density at radius 2 is 1.76 bits per heavy atom. The van der Waals surface area contributed by atoms with E-state index in [0.29, 0.717) is 12.1 Å². The van der Waals surface area contributed by atoms with Gasteiger partial charge in [-0.05, 0) is 30.5 Å². The van der Waals surface area contributed by atoms with Crippen LogP contribution < -0.4 is 5.73 Å². The Bertz CT molecular complexity index is 542. The highest BCUT2D eigenvalue weighted by atomic mass is 32.2. The van der Waals surface area contributed by atoms with Gasteiger partial charge in [-0.15, -0.1) is 0 Å². The highest BCUT2D eigenvalue weighted by Gasteiger charge is 2.43. The third-order valence-corrected chi connectivity index (χ3v) is 4.36. The van der Waals surface area contributed by atoms with Crippen molar-refractivity contribution in [1.82, 2.24) is 0 Å². The van der Waals surface area contributed by atoms with Crippen molar-refractivity contribution in [2.75, 3.05) is 12.8 Å². The van der Waals surface area contributed by atoms with E-state index in [1.807, 2.05) is 0 Å². The number of sulfone groups is 1. The molecule has 0 aromatic heterocycles. The molecule has 2 N–H and O–H groups in total. The summed E-state index contributed by atoms with van der Waals surface area (Å²) in [6.45, 7) is 0.310. The molecule has 1 aliphatic carbocycles. The Hall–Kier alpha value is -1.01. The molecular formula is C11H13F2NO2S. The normalized spacial score (nSPS) is 18.1. The van der Waals surface area contributed by atoms with Crippen molar-refractivity contribution in [2.45, 2.75) is 23.2 Å². The van der Waals surface area contributed by atoms with Crippen molar-refractivity contribution in [2.24, 2.45) is 5.73 Å². The standard InChI is InChI=1S/C11H13F2NO2S/c1-17(15,16)10-8(12)4-7(5-9(10)13)11(6-14)2-3-11/h4-5H,2-3,6,14H2,1H3. The first kappa shape index (κ1) is 12.4. The van der Waals surface area contributed by atoms with E-state index in [-0.39, 0.29) is 5.41 Å². The van der Waals surface area contributed by atoms with Crippen LogP contribution in [0.4, 0.5) is 8.78 Å². The van der Waals surface area contributed by atoms with Gasteiger partial charge in [0.1, 0.15) is 16.5 Å². The predicted octanol–water partition coefficient (Wildman–Crippen LogP) is 1.36. The Morgan fingerprint density at radius 1 is 1.29 bits per heavy atom. The van der Waals surface area contributed by atoms with Gasteiger partial charge in [0.25, 0.3) is 0 Å². The van der Waals surface area contributed by atoms with Gasteiger partial charge in [0.2, 0.25) is 0 Å². The van der Waals surface area contributed by atoms with Gasteiger partial charge in [0, 0.05) is 18.2 Å². The van der Waals surface area contributed by atoms with Crippen molar-refractivity contribution >= 4 is 9.84 Å². The first-order valence-electron chi connectivity index (χ1n) is 5.20. The first-order chi connectivity index (χ1) is 7.80. The van der Waals surface area contributed by atoms with Crippen LogP contribution in [-0.2, 0) is 15.3 Å². The summed E-state index contributed by atoms with van der Waals surface area (Å²) < 4.78 is 49.7. The van der Waals surface area contributed by atoms with E-state index in [4.69, 9.17) is 5.73 Å². The zero-order chi connectivity index (χ0) is 12.8. The lowest BCUT2D eigenvalue weighted by Crippen LogP contribution is -2.20. The van der Waals surface area contributed by atoms with Crippen LogP contribution in [0.15, 0.2) is 17.0 Å². The van der Waals surface area contributed by atoms with Crippen LogP contribution in [0.1, 0.15) is 18.4 Å². The van der Waals surface area contributed by atoms with Crippen LogP contribution in [0.2, 0.25) is 0 Å². The summed E-state index contributed by atoms with van der Waals surface area (Å²) in [6.07, 6.45) is 2.34. The molecule has 0 atom stereocenters. The summed E-state index contributed by atoms with van der Waals surface area (Å²) in [5, 5.41) is 0. The SMILES string of the molecule is CS(=O)(=O)c1c(F)cc(C2(CN)CC2)cc1F. The Balaban J connectivity index is 2.57. The van der Waals surface area contributed by atoms with Gasteiger partial charge in [-0.3, -0.25) is 0 Å². The molecule has 1 aliphatic rings. The summed E-state index contributed by atoms with van der Waals surface area (Å²) in [5.41, 5.74) is 5.64. The smallest absolute Gasteiger partial charge is 0.181 e. The van der Waals surface area contributed by atoms with Gasteiger partial charge >= 0.3 is 0 Å². The highest BCUT2D eigenvalue weighted by Crippen LogP contribution is 2.47. The average molecular weight is 261 g/mol. The van der Waals surface area contributed by atoms with E-state index in [0.717, 1.165) is 31.2 Å². The van der Waals surface area contributed by atoms with Crippen LogP contribution in [0, 0.1) is 11.6 Å². The minimum Gasteiger partial charge on any atom is -0.330 e. The minimum atomic E-state index is -3.89. The van der Waals surface area contributed by atoms with Crippen LogP contribution in [0.5, 0.6) is 0 Å². The van der Waals surface area contributed by atoms with E-state index in [2.05, 4.69) is 0 Å². The zero-order valence-corrected chi connectivity index (χ0v) is 10.2. The molecule has 1 aromatic carbocycles. The molecule has 6 heteroatoms. The first-order valence-corrected chi connectivity index (χ1v) is 7.09. The summed E-state index contributed by atoms with van der Waals surface area (Å²) >= 11 is 0. The van der Waals surface area contributed by atoms with E-state index in [1.54, 1.807) is 0 Å². The minimum absolute atomic E-state index is 0.310. The fraction of sp³-hybridized carbons (Fsp3) is 0.455. The summed E-state index contributed by atoms with van der Waals surface area (Å²) in [7, 11) is -3.89. The molecule has 0 saturated heterocycles. The van der Waals surface area contributed by atoms with E-state index < -0.39 is 26.4 Å². The molecule has 0 radical (unpaired) electrons. The molecule has 17 heavy (non-hydrogen) atoms. The van der Waals surface area contributed by atoms with E-state index in [1.165, 1.54) is 0 Å². The number of halogens is 2. The number of hydrogen-bond acceptors (Lipinski definition) is 3. The molecule has 1 saturated carbocycles. The van der Waals surface area contributed by atoms with E-state index in [9.17, 15) is 17.2 Å². The Labute approximate surface area is 98.5 Å². The summed E-state index contributed by atoms with van der Waals surface area (Å²) in [6, 6.07) is 2.17. The summed E-state index contributed by atoms with van der Waals surface area (Å²) in [4.78, 5) is -0.867. The maximum atomic E-state index is 13.6. The summed E-state index contributed by atoms with van der Waals surface area (Å²) in [5.74, 6) is -2.08. The van der Waals surface area contributed by atoms with Gasteiger partial charge in [-0.25, -0.2) is 17.2 Å². The Morgan fingerprint density at radius 3 is 2.06 bits per heavy atom. The van der Waals surface area contributed by atoms with Crippen molar-refractivity contribution in [3.05, 3.63) is 29.3 Å². The highest BCUT2D eigenvalue weighted by molar-refractivity contribution is 7.90. The molecule has 1 aromatic rings. The molecular weight excluding hydrogens is 248 g/mol. The topological polar surface area (TPSA) is 60.2 Å². The molecule has 1 fully saturated rings. The molecule has 0 bridgehead atoms. The quantitative estimate of drug-likeness (QED) is 0.893. The van der Waals surface area contributed by atoms with Crippen LogP contribution in [-0.4, -0.2) is 21.2 Å². The van der Waals surface area contributed by atoms with Gasteiger partial charge in [-0.1, -0.05) is 0 Å². The lowest BCUT2D eigenvalue weighted by Gasteiger charge is -2.14. The largest absolute Gasteiger partial charge is 0.330 e. The molecule has 0 amide bonds. The van der Waals surface area contributed by atoms with Crippen LogP contribution in [0.25, 0.3) is 0 Å². The molecule has 0 heterocycles. The second-order valence-corrected chi connectivity index (χ2v) is 6.48. The van der Waals surface area contributed by atoms with Crippen molar-refractivity contribution in [3.63, 3.8) is 0 Å². The lowest BCUT2D eigenvalue weighted by atomic mass is 9.96. The number of nitrogens with two attached hydrogens (primary N) is 1. The van der Waals surface area contributed by atoms with Crippen molar-refractivity contribution in [1.29, 1.82) is 0 Å². The maximum absolute atomic E-state index is 13.6. The second kappa shape index (κ2) is 3.74. The maximum Gasteiger partial charge on any atom is 0.181 e. The van der Waals surface area contributed by atoms with Crippen LogP contribution in [0.3, 0.4) is 0 Å². The van der Waals surface area contributed by atoms with Crippen molar-refractivity contribution in [3.8, 4) is 0 Å². The van der Waals surface area contributed by atoms with Gasteiger partial charge in [0.05, 0.1) is 0 Å². The zero-order valence-electron chi connectivity index (χ0n) is 9.33. The molecule has 94 valence electrons. The molecule has 0 aliphatic heterocycles. The number of rotatable bonds is 3. The molecule has 0 unspecified atom stereocenters. The fourth-order valence-corrected chi connectivity index (χ4v) is 2.81. The van der Waals surface area contributed by atoms with Crippen LogP contribution >= 0.6 is 0 Å². The number of hydrogen-bond donors (Lipinski definition) is 1. The molecule has 3 nitrogen and oxygen atoms in total. The fourth-order valence-electron chi connectivity index (χ4n) is 1.98. The average Bonchev–Trinajstić information content (AvgIpc) is 2.94. The monoisotopic (exact) mass is 261 g/mol. The van der Waals surface area contributed by atoms with Gasteiger partial charge < -0.3 is 5.73 Å². The predicted molar refractivity (Wildman–Crippen MR) is 59.4 cm³/mol. The third-order valence-electron chi connectivity index (χ3n) is 3.23. The molecule has 0 spiro atoms. The Kier molecular flexibility index (Phi) is 2.74. The van der Waals surface area contributed by atoms with Crippen molar-refractivity contribution < 1.29 is 17.2 Å². The number of benzene rings is 1. The van der Waals surface area contributed by atoms with Gasteiger partial charge in [-0.2, -0.15) is 0 Å². The third kappa shape index (κ3) is 2.07. The second-order valence-electron chi connectivity index (χ2n) is 4.53.